The Balaban J connectivity index is 3.89. The fourth-order valence-corrected chi connectivity index (χ4v) is 2.20. The van der Waals surface area contributed by atoms with Crippen LogP contribution >= 0.6 is 0 Å². The van der Waals surface area contributed by atoms with E-state index in [2.05, 4.69) is 53.4 Å². The normalized spacial score (nSPS) is 13.2. The van der Waals surface area contributed by atoms with Crippen LogP contribution in [0.4, 0.5) is 0 Å². The van der Waals surface area contributed by atoms with Crippen molar-refractivity contribution in [2.45, 2.75) is 79.3 Å². The van der Waals surface area contributed by atoms with Gasteiger partial charge in [-0.05, 0) is 53.5 Å². The van der Waals surface area contributed by atoms with Crippen LogP contribution in [0.1, 0.15) is 67.7 Å². The predicted octanol–water partition coefficient (Wildman–Crippen LogP) is 4.32. The number of nitrogens with zero attached hydrogens (tertiary/aromatic N) is 1. The summed E-state index contributed by atoms with van der Waals surface area (Å²) in [6, 6.07) is 0.657. The minimum absolute atomic E-state index is 0.312. The zero-order chi connectivity index (χ0) is 12.1. The Morgan fingerprint density at radius 2 is 1.47 bits per heavy atom. The Bertz CT molecular complexity index is 153. The van der Waals surface area contributed by atoms with Gasteiger partial charge >= 0.3 is 0 Å². The Hall–Kier alpha value is -0.0400. The third kappa shape index (κ3) is 6.94. The highest BCUT2D eigenvalue weighted by Crippen LogP contribution is 2.18. The molecule has 15 heavy (non-hydrogen) atoms. The van der Waals surface area contributed by atoms with Crippen LogP contribution in [0, 0.1) is 5.92 Å². The van der Waals surface area contributed by atoms with E-state index in [1.165, 1.54) is 25.8 Å². The lowest BCUT2D eigenvalue weighted by atomic mass is 10.0. The molecule has 0 heterocycles. The summed E-state index contributed by atoms with van der Waals surface area (Å²) in [4.78, 5) is 2.60. The lowest BCUT2D eigenvalue weighted by Gasteiger charge is -2.39. The molecule has 0 fully saturated rings. The topological polar surface area (TPSA) is 3.24 Å². The van der Waals surface area contributed by atoms with E-state index < -0.39 is 0 Å². The molecule has 92 valence electrons. The third-order valence-electron chi connectivity index (χ3n) is 2.92. The minimum Gasteiger partial charge on any atom is -0.296 e. The molecule has 0 rings (SSSR count). The van der Waals surface area contributed by atoms with Gasteiger partial charge in [0.05, 0.1) is 0 Å². The molecule has 0 bridgehead atoms. The van der Waals surface area contributed by atoms with Gasteiger partial charge in [-0.25, -0.2) is 0 Å². The molecular weight excluding hydrogens is 182 g/mol. The van der Waals surface area contributed by atoms with Gasteiger partial charge in [-0.15, -0.1) is 0 Å². The van der Waals surface area contributed by atoms with Crippen molar-refractivity contribution >= 4 is 0 Å². The number of rotatable bonds is 6. The predicted molar refractivity (Wildman–Crippen MR) is 70.3 cm³/mol. The van der Waals surface area contributed by atoms with Crippen LogP contribution in [0.15, 0.2) is 0 Å². The summed E-state index contributed by atoms with van der Waals surface area (Å²) in [5.41, 5.74) is 0.312. The number of unbranched alkanes of at least 4 members (excludes halogenated alkanes) is 1. The SMILES string of the molecule is CC(C)CCCCN(C(C)C)C(C)(C)C. The Morgan fingerprint density at radius 3 is 1.80 bits per heavy atom. The molecule has 0 saturated heterocycles. The molecule has 0 amide bonds. The highest BCUT2D eigenvalue weighted by molar-refractivity contribution is 4.78. The molecule has 0 aromatic rings. The lowest BCUT2D eigenvalue weighted by molar-refractivity contribution is 0.0962. The van der Waals surface area contributed by atoms with Crippen LogP contribution in [0.25, 0.3) is 0 Å². The smallest absolute Gasteiger partial charge is 0.0127 e. The van der Waals surface area contributed by atoms with Crippen molar-refractivity contribution in [1.29, 1.82) is 0 Å². The van der Waals surface area contributed by atoms with Crippen LogP contribution in [0.5, 0.6) is 0 Å². The van der Waals surface area contributed by atoms with Crippen LogP contribution in [0.3, 0.4) is 0 Å². The largest absolute Gasteiger partial charge is 0.296 e. The first kappa shape index (κ1) is 15.0. The lowest BCUT2D eigenvalue weighted by Crippen LogP contribution is -2.46. The standard InChI is InChI=1S/C14H31N/c1-12(2)10-8-9-11-15(13(3)4)14(5,6)7/h12-13H,8-11H2,1-7H3. The van der Waals surface area contributed by atoms with Crippen molar-refractivity contribution in [3.8, 4) is 0 Å². The van der Waals surface area contributed by atoms with Gasteiger partial charge in [0.15, 0.2) is 0 Å². The summed E-state index contributed by atoms with van der Waals surface area (Å²) in [5, 5.41) is 0. The quantitative estimate of drug-likeness (QED) is 0.594. The van der Waals surface area contributed by atoms with Gasteiger partial charge in [0.1, 0.15) is 0 Å². The third-order valence-corrected chi connectivity index (χ3v) is 2.92. The Kier molecular flexibility index (Phi) is 6.51. The van der Waals surface area contributed by atoms with Gasteiger partial charge in [0.25, 0.3) is 0 Å². The second kappa shape index (κ2) is 6.52. The summed E-state index contributed by atoms with van der Waals surface area (Å²) in [6.07, 6.45) is 4.08. The molecule has 0 saturated carbocycles. The molecule has 0 atom stereocenters. The Morgan fingerprint density at radius 1 is 0.933 bits per heavy atom. The van der Waals surface area contributed by atoms with Crippen molar-refractivity contribution in [2.75, 3.05) is 6.54 Å². The summed E-state index contributed by atoms with van der Waals surface area (Å²) in [6.45, 7) is 17.4. The molecule has 0 radical (unpaired) electrons. The zero-order valence-corrected chi connectivity index (χ0v) is 11.9. The highest BCUT2D eigenvalue weighted by Gasteiger charge is 2.22. The van der Waals surface area contributed by atoms with Gasteiger partial charge in [-0.3, -0.25) is 4.90 Å². The van der Waals surface area contributed by atoms with Gasteiger partial charge in [-0.2, -0.15) is 0 Å². The van der Waals surface area contributed by atoms with E-state index in [4.69, 9.17) is 0 Å². The second-order valence-corrected chi connectivity index (χ2v) is 6.35. The van der Waals surface area contributed by atoms with Crippen LogP contribution in [-0.4, -0.2) is 23.0 Å². The average Bonchev–Trinajstić information content (AvgIpc) is 1.99. The average molecular weight is 213 g/mol. The van der Waals surface area contributed by atoms with Crippen molar-refractivity contribution < 1.29 is 0 Å². The van der Waals surface area contributed by atoms with E-state index in [0.717, 1.165) is 5.92 Å². The Labute approximate surface area is 97.2 Å². The van der Waals surface area contributed by atoms with Crippen molar-refractivity contribution in [3.05, 3.63) is 0 Å². The summed E-state index contributed by atoms with van der Waals surface area (Å²) < 4.78 is 0. The number of hydrogen-bond donors (Lipinski definition) is 0. The molecule has 0 spiro atoms. The molecule has 0 aliphatic rings. The molecule has 0 aliphatic carbocycles. The van der Waals surface area contributed by atoms with Crippen LogP contribution in [0.2, 0.25) is 0 Å². The molecule has 0 aromatic heterocycles. The summed E-state index contributed by atoms with van der Waals surface area (Å²) in [7, 11) is 0. The molecule has 0 aliphatic heterocycles. The van der Waals surface area contributed by atoms with Crippen LogP contribution in [-0.2, 0) is 0 Å². The van der Waals surface area contributed by atoms with E-state index in [1.54, 1.807) is 0 Å². The molecular formula is C14H31N. The highest BCUT2D eigenvalue weighted by atomic mass is 15.2. The fraction of sp³-hybridized carbons (Fsp3) is 1.00. The maximum Gasteiger partial charge on any atom is 0.0127 e. The maximum absolute atomic E-state index is 2.60. The molecule has 0 aromatic carbocycles. The van der Waals surface area contributed by atoms with E-state index in [0.29, 0.717) is 11.6 Å². The van der Waals surface area contributed by atoms with Gasteiger partial charge in [-0.1, -0.05) is 26.7 Å². The van der Waals surface area contributed by atoms with Gasteiger partial charge in [0.2, 0.25) is 0 Å². The second-order valence-electron chi connectivity index (χ2n) is 6.35. The number of hydrogen-bond acceptors (Lipinski definition) is 1. The first-order valence-corrected chi connectivity index (χ1v) is 6.52. The summed E-state index contributed by atoms with van der Waals surface area (Å²) in [5.74, 6) is 0.854. The van der Waals surface area contributed by atoms with Gasteiger partial charge < -0.3 is 0 Å². The van der Waals surface area contributed by atoms with E-state index in [1.807, 2.05) is 0 Å². The minimum atomic E-state index is 0.312. The van der Waals surface area contributed by atoms with E-state index >= 15 is 0 Å². The van der Waals surface area contributed by atoms with Gasteiger partial charge in [0, 0.05) is 11.6 Å². The molecule has 1 nitrogen and oxygen atoms in total. The van der Waals surface area contributed by atoms with Crippen molar-refractivity contribution in [2.24, 2.45) is 5.92 Å². The van der Waals surface area contributed by atoms with E-state index in [-0.39, 0.29) is 0 Å². The first-order valence-electron chi connectivity index (χ1n) is 6.52. The summed E-state index contributed by atoms with van der Waals surface area (Å²) >= 11 is 0. The van der Waals surface area contributed by atoms with Crippen molar-refractivity contribution in [1.82, 2.24) is 4.90 Å². The van der Waals surface area contributed by atoms with Crippen LogP contribution < -0.4 is 0 Å². The first-order chi connectivity index (χ1) is 6.75. The van der Waals surface area contributed by atoms with E-state index in [9.17, 15) is 0 Å². The molecule has 0 unspecified atom stereocenters. The molecule has 0 N–H and O–H groups in total. The molecule has 1 heteroatoms. The van der Waals surface area contributed by atoms with Crippen molar-refractivity contribution in [3.63, 3.8) is 0 Å². The zero-order valence-electron chi connectivity index (χ0n) is 11.9. The maximum atomic E-state index is 2.60. The monoisotopic (exact) mass is 213 g/mol. The fourth-order valence-electron chi connectivity index (χ4n) is 2.20.